The van der Waals surface area contributed by atoms with Crippen LogP contribution < -0.4 is 0 Å². The lowest BCUT2D eigenvalue weighted by Crippen LogP contribution is -2.71. The first-order chi connectivity index (χ1) is 58.9. The van der Waals surface area contributed by atoms with Crippen LogP contribution >= 0.6 is 0 Å². The van der Waals surface area contributed by atoms with Crippen LogP contribution in [0.5, 0.6) is 0 Å². The molecule has 12 aliphatic rings. The van der Waals surface area contributed by atoms with E-state index in [1.807, 2.05) is 13.8 Å². The first-order valence-electron chi connectivity index (χ1n) is 44.8. The van der Waals surface area contributed by atoms with Crippen molar-refractivity contribution >= 4 is 11.9 Å². The SMILES string of the molecule is C[C@@H]1O[C@@H](O[C@H]2[C@H](OC(=O)[C@]34CCC(C)(C)C[C@H]3C3=CC[C@@H]5[C@@]6(C)C[C@H](O)[C@H](O[C@@H]7O[C@H](CO[C@@H]8OC[C@H](O)[C@H](O)[C@H]8O)[C@@H](O)[C@H](O)[C@H]7O)[C@@](C)(CO)[C@@H]6CC[C@@]5(C)[C@]3(C)C[C@H]4O)O[C@H](C)[C@H](OC(=O)C(O)CCCCCCC(O)CCCCCCCO)[C@@H]2O[C@@H]2O[C@H](CO)[C@@H](O)[C@H](O)[C@H]2O)[C@H](O)[C@H](O)[C@H]1O[C@@H]1OC[C@@H](O[C@@H]2OC[C@](O)(CO)[C@H]2O)[C@H](O)[C@H]1O. The van der Waals surface area contributed by atoms with Crippen LogP contribution in [0.3, 0.4) is 0 Å². The van der Waals surface area contributed by atoms with Gasteiger partial charge in [-0.2, -0.15) is 0 Å². The van der Waals surface area contributed by atoms with E-state index in [9.17, 15) is 117 Å². The summed E-state index contributed by atoms with van der Waals surface area (Å²) in [4.78, 5) is 31.1. The second kappa shape index (κ2) is 41.2. The third-order valence-corrected chi connectivity index (χ3v) is 30.7. The van der Waals surface area contributed by atoms with Gasteiger partial charge in [-0.15, -0.1) is 0 Å². The summed E-state index contributed by atoms with van der Waals surface area (Å²) in [5.74, 6) is -3.83. The summed E-state index contributed by atoms with van der Waals surface area (Å²) in [5.41, 5.74) is -7.45. The number of unbranched alkanes of at least 4 members (excludes halogenated alkanes) is 7. The Morgan fingerprint density at radius 3 is 1.71 bits per heavy atom. The lowest BCUT2D eigenvalue weighted by molar-refractivity contribution is -0.392. The lowest BCUT2D eigenvalue weighted by Gasteiger charge is -2.72. The largest absolute Gasteiger partial charge is 0.455 e. The molecule has 12 rings (SSSR count). The van der Waals surface area contributed by atoms with Crippen LogP contribution in [0.15, 0.2) is 11.6 Å². The van der Waals surface area contributed by atoms with E-state index in [1.165, 1.54) is 13.8 Å². The number of hydrogen-bond acceptors (Lipinski definition) is 40. The molecular weight excluding hydrogens is 1660 g/mol. The number of allylic oxidation sites excluding steroid dienone is 2. The molecule has 4 saturated carbocycles. The van der Waals surface area contributed by atoms with Gasteiger partial charge in [-0.1, -0.05) is 105 Å². The van der Waals surface area contributed by atoms with Gasteiger partial charge in [-0.05, 0) is 130 Å². The summed E-state index contributed by atoms with van der Waals surface area (Å²) >= 11 is 0. The molecule has 44 atom stereocenters. The third kappa shape index (κ3) is 20.0. The topological polar surface area (TPSA) is 638 Å². The molecule has 23 N–H and O–H groups in total. The van der Waals surface area contributed by atoms with Gasteiger partial charge >= 0.3 is 11.9 Å². The number of hydrogen-bond donors (Lipinski definition) is 23. The van der Waals surface area contributed by atoms with Gasteiger partial charge in [0.2, 0.25) is 6.29 Å². The Morgan fingerprint density at radius 2 is 1.06 bits per heavy atom. The fraction of sp³-hybridized carbons (Fsp3) is 0.953. The van der Waals surface area contributed by atoms with Crippen molar-refractivity contribution in [1.82, 2.24) is 0 Å². The molecule has 0 aromatic rings. The summed E-state index contributed by atoms with van der Waals surface area (Å²) in [5, 5.41) is 257. The number of fused-ring (bicyclic) bond motifs is 7. The summed E-state index contributed by atoms with van der Waals surface area (Å²) in [6, 6.07) is 0. The molecule has 11 fully saturated rings. The van der Waals surface area contributed by atoms with Crippen molar-refractivity contribution in [3.05, 3.63) is 11.6 Å². The zero-order chi connectivity index (χ0) is 91.3. The van der Waals surface area contributed by atoms with E-state index in [-0.39, 0.29) is 38.2 Å². The predicted molar refractivity (Wildman–Crippen MR) is 422 cm³/mol. The molecule has 722 valence electrons. The van der Waals surface area contributed by atoms with Crippen molar-refractivity contribution in [1.29, 1.82) is 0 Å². The molecule has 0 aromatic carbocycles. The second-order valence-corrected chi connectivity index (χ2v) is 39.5. The fourth-order valence-corrected chi connectivity index (χ4v) is 22.9. The van der Waals surface area contributed by atoms with E-state index in [0.29, 0.717) is 70.6 Å². The van der Waals surface area contributed by atoms with Crippen LogP contribution in [0, 0.1) is 50.2 Å². The van der Waals surface area contributed by atoms with Gasteiger partial charge in [0, 0.05) is 12.0 Å². The molecule has 0 spiro atoms. The van der Waals surface area contributed by atoms with Crippen LogP contribution in [-0.2, 0) is 80.6 Å². The molecule has 0 bridgehead atoms. The van der Waals surface area contributed by atoms with Gasteiger partial charge in [0.15, 0.2) is 56.1 Å². The Labute approximate surface area is 726 Å². The first kappa shape index (κ1) is 101. The molecule has 7 saturated heterocycles. The van der Waals surface area contributed by atoms with Crippen LogP contribution in [0.2, 0.25) is 0 Å². The molecule has 0 radical (unpaired) electrons. The second-order valence-electron chi connectivity index (χ2n) is 39.5. The van der Waals surface area contributed by atoms with E-state index < -0.39 is 323 Å². The Kier molecular flexibility index (Phi) is 33.4. The standard InChI is InChI=1S/C85H142O40/c1-38-64(121-72-60(103)55(98)48(34-113-72)119-77-68(107)84(110,36-89)37-114-77)58(101)63(106)73(115-38)123-67-66(122-74-61(104)56(99)53(96)46(31-87)117-74)65(120-70(108)43(91)20-16-12-11-15-19-40(90)18-14-10-9-13-17-27-86)39(2)116-76(67)125-78(109)85-26-25-79(3,4)28-42(85)41-21-22-50-80(5)29-44(92)69(81(6,35-88)49(80)23-24-82(50,7)83(41,8)30-51(85)94)124-75-62(105)57(100)54(97)47(118-75)33-112-71-59(102)52(95)45(93)32-111-71/h21,38-40,42-69,71-77,86-107,110H,9-20,22-37H2,1-8H3/t38-,39+,40?,42-,43?,44-,45-,46+,47+,48+,49+,50+,51+,52-,53+,54+,55-,56-,57-,58-,59+,60+,61+,62+,63+,64-,65-,66-,67+,68-,69-,71-,72-,73-,74-,75-,76-,77-,80-,81-,82+,83+,84+,85+/m0/s1. The molecule has 0 amide bonds. The highest BCUT2D eigenvalue weighted by atomic mass is 16.8. The number of rotatable bonds is 34. The van der Waals surface area contributed by atoms with Gasteiger partial charge in [0.1, 0.15) is 127 Å². The highest BCUT2D eigenvalue weighted by Gasteiger charge is 2.74. The van der Waals surface area contributed by atoms with Crippen molar-refractivity contribution in [2.75, 3.05) is 52.9 Å². The van der Waals surface area contributed by atoms with E-state index in [0.717, 1.165) is 37.7 Å². The Balaban J connectivity index is 0.820. The van der Waals surface area contributed by atoms with E-state index in [4.69, 9.17) is 76.2 Å². The molecule has 125 heavy (non-hydrogen) atoms. The summed E-state index contributed by atoms with van der Waals surface area (Å²) < 4.78 is 91.4. The molecule has 5 aliphatic carbocycles. The Bertz CT molecular complexity index is 3500. The maximum atomic E-state index is 16.6. The lowest BCUT2D eigenvalue weighted by atomic mass is 9.33. The van der Waals surface area contributed by atoms with Crippen LogP contribution in [0.4, 0.5) is 0 Å². The van der Waals surface area contributed by atoms with Crippen LogP contribution in [0.1, 0.15) is 184 Å². The number of carbonyl (C=O) groups excluding carboxylic acids is 2. The normalized spacial score (nSPS) is 49.2. The zero-order valence-corrected chi connectivity index (χ0v) is 72.5. The van der Waals surface area contributed by atoms with Crippen molar-refractivity contribution in [2.45, 2.75) is 404 Å². The monoisotopic (exact) mass is 1800 g/mol. The van der Waals surface area contributed by atoms with Crippen molar-refractivity contribution < 1.29 is 198 Å². The molecule has 7 aliphatic heterocycles. The minimum Gasteiger partial charge on any atom is -0.455 e. The van der Waals surface area contributed by atoms with E-state index >= 15 is 4.79 Å². The van der Waals surface area contributed by atoms with E-state index in [1.54, 1.807) is 6.92 Å². The average molecular weight is 1800 g/mol. The summed E-state index contributed by atoms with van der Waals surface area (Å²) in [6.07, 6.45) is -49.7. The van der Waals surface area contributed by atoms with Crippen LogP contribution in [0.25, 0.3) is 0 Å². The predicted octanol–water partition coefficient (Wildman–Crippen LogP) is -4.73. The molecule has 40 heteroatoms. The van der Waals surface area contributed by atoms with Gasteiger partial charge in [-0.3, -0.25) is 4.79 Å². The smallest absolute Gasteiger partial charge is 0.335 e. The highest BCUT2D eigenvalue weighted by molar-refractivity contribution is 5.80. The number of carbonyl (C=O) groups is 2. The van der Waals surface area contributed by atoms with Gasteiger partial charge in [-0.25, -0.2) is 4.79 Å². The van der Waals surface area contributed by atoms with Crippen LogP contribution in [-0.4, -0.2) is 403 Å². The number of aliphatic hydroxyl groups excluding tert-OH is 22. The minimum atomic E-state index is -2.25. The average Bonchev–Trinajstić information content (AvgIpc) is 0.892. The van der Waals surface area contributed by atoms with Gasteiger partial charge in [0.25, 0.3) is 0 Å². The number of esters is 2. The fourth-order valence-electron chi connectivity index (χ4n) is 22.9. The molecule has 0 aromatic heterocycles. The van der Waals surface area contributed by atoms with Gasteiger partial charge < -0.3 is 189 Å². The third-order valence-electron chi connectivity index (χ3n) is 30.7. The Hall–Kier alpha value is -2.76. The quantitative estimate of drug-likeness (QED) is 0.0125. The van der Waals surface area contributed by atoms with E-state index in [2.05, 4.69) is 26.8 Å². The maximum absolute atomic E-state index is 16.6. The molecular formula is C85H142O40. The maximum Gasteiger partial charge on any atom is 0.335 e. The van der Waals surface area contributed by atoms with Gasteiger partial charge in [0.05, 0.1) is 82.9 Å². The van der Waals surface area contributed by atoms with Crippen molar-refractivity contribution in [2.24, 2.45) is 50.2 Å². The summed E-state index contributed by atoms with van der Waals surface area (Å²) in [6.45, 7) is 10.5. The molecule has 2 unspecified atom stereocenters. The Morgan fingerprint density at radius 1 is 0.496 bits per heavy atom. The molecule has 40 nitrogen and oxygen atoms in total. The number of ether oxygens (including phenoxy) is 15. The highest BCUT2D eigenvalue weighted by Crippen LogP contribution is 2.76. The number of aliphatic hydroxyl groups is 23. The zero-order valence-electron chi connectivity index (χ0n) is 72.5. The molecule has 7 heterocycles. The van der Waals surface area contributed by atoms with Crippen molar-refractivity contribution in [3.8, 4) is 0 Å². The minimum absolute atomic E-state index is 0.00940. The first-order valence-corrected chi connectivity index (χ1v) is 44.8. The summed E-state index contributed by atoms with van der Waals surface area (Å²) in [7, 11) is 0. The van der Waals surface area contributed by atoms with Crippen molar-refractivity contribution in [3.63, 3.8) is 0 Å².